The summed E-state index contributed by atoms with van der Waals surface area (Å²) in [7, 11) is 0. The van der Waals surface area contributed by atoms with Crippen molar-refractivity contribution in [2.45, 2.75) is 64.5 Å². The zero-order valence-electron chi connectivity index (χ0n) is 12.3. The maximum atomic E-state index is 9.85. The van der Waals surface area contributed by atoms with Crippen LogP contribution in [0.2, 0.25) is 0 Å². The summed E-state index contributed by atoms with van der Waals surface area (Å²) in [4.78, 5) is 2.53. The molecule has 2 nitrogen and oxygen atoms in total. The van der Waals surface area contributed by atoms with Crippen molar-refractivity contribution in [3.63, 3.8) is 0 Å². The third-order valence-corrected chi connectivity index (χ3v) is 4.35. The van der Waals surface area contributed by atoms with Gasteiger partial charge in [-0.15, -0.1) is 0 Å². The second kappa shape index (κ2) is 6.95. The Morgan fingerprint density at radius 3 is 2.26 bits per heavy atom. The lowest BCUT2D eigenvalue weighted by atomic mass is 9.93. The maximum Gasteiger partial charge on any atom is 0.0787 e. The lowest BCUT2D eigenvalue weighted by Gasteiger charge is -2.35. The Balaban J connectivity index is 2.09. The van der Waals surface area contributed by atoms with Crippen molar-refractivity contribution in [1.82, 2.24) is 0 Å². The van der Waals surface area contributed by atoms with E-state index >= 15 is 0 Å². The van der Waals surface area contributed by atoms with Crippen molar-refractivity contribution in [3.8, 4) is 0 Å². The minimum atomic E-state index is -0.321. The Morgan fingerprint density at radius 1 is 1.11 bits per heavy atom. The largest absolute Gasteiger partial charge is 0.388 e. The third kappa shape index (κ3) is 3.50. The maximum absolute atomic E-state index is 9.85. The van der Waals surface area contributed by atoms with Crippen LogP contribution in [0, 0.1) is 0 Å². The fraction of sp³-hybridized carbons (Fsp3) is 0.647. The molecule has 1 unspecified atom stereocenters. The third-order valence-electron chi connectivity index (χ3n) is 4.35. The second-order valence-electron chi connectivity index (χ2n) is 5.59. The van der Waals surface area contributed by atoms with E-state index in [4.69, 9.17) is 0 Å². The minimum Gasteiger partial charge on any atom is -0.388 e. The average molecular weight is 261 g/mol. The van der Waals surface area contributed by atoms with Crippen LogP contribution in [0.25, 0.3) is 0 Å². The van der Waals surface area contributed by atoms with E-state index in [-0.39, 0.29) is 6.10 Å². The molecular formula is C17H27NO. The standard InChI is InChI=1S/C17H27NO/c1-3-17(19)14-10-12-16(13-11-14)18(4-2)15-8-6-5-7-9-15/h10-13,15,17,19H,3-9H2,1-2H3. The first kappa shape index (κ1) is 14.4. The van der Waals surface area contributed by atoms with Gasteiger partial charge >= 0.3 is 0 Å². The molecule has 0 heterocycles. The van der Waals surface area contributed by atoms with Crippen LogP contribution in [-0.2, 0) is 0 Å². The van der Waals surface area contributed by atoms with E-state index in [1.807, 2.05) is 6.92 Å². The molecule has 1 N–H and O–H groups in total. The number of anilines is 1. The van der Waals surface area contributed by atoms with Crippen LogP contribution in [0.3, 0.4) is 0 Å². The Labute approximate surface area is 117 Å². The molecule has 1 aromatic rings. The van der Waals surface area contributed by atoms with Crippen LogP contribution in [0.15, 0.2) is 24.3 Å². The summed E-state index contributed by atoms with van der Waals surface area (Å²) in [5.74, 6) is 0. The zero-order chi connectivity index (χ0) is 13.7. The summed E-state index contributed by atoms with van der Waals surface area (Å²) < 4.78 is 0. The van der Waals surface area contributed by atoms with Crippen molar-refractivity contribution in [2.75, 3.05) is 11.4 Å². The fourth-order valence-electron chi connectivity index (χ4n) is 3.17. The van der Waals surface area contributed by atoms with E-state index in [0.717, 1.165) is 18.5 Å². The molecule has 106 valence electrons. The van der Waals surface area contributed by atoms with E-state index in [1.54, 1.807) is 0 Å². The smallest absolute Gasteiger partial charge is 0.0787 e. The SMILES string of the molecule is CCC(O)c1ccc(N(CC)C2CCCCC2)cc1. The van der Waals surface area contributed by atoms with Gasteiger partial charge in [-0.1, -0.05) is 38.3 Å². The first-order valence-electron chi connectivity index (χ1n) is 7.81. The topological polar surface area (TPSA) is 23.5 Å². The zero-order valence-corrected chi connectivity index (χ0v) is 12.3. The number of benzene rings is 1. The molecule has 1 aliphatic rings. The van der Waals surface area contributed by atoms with Crippen LogP contribution < -0.4 is 4.90 Å². The number of hydrogen-bond acceptors (Lipinski definition) is 2. The number of nitrogens with zero attached hydrogens (tertiary/aromatic N) is 1. The Bertz CT molecular complexity index is 367. The summed E-state index contributed by atoms with van der Waals surface area (Å²) in [6.45, 7) is 5.32. The van der Waals surface area contributed by atoms with E-state index in [0.29, 0.717) is 6.04 Å². The predicted octanol–water partition coefficient (Wildman–Crippen LogP) is 4.29. The van der Waals surface area contributed by atoms with E-state index in [1.165, 1.54) is 37.8 Å². The van der Waals surface area contributed by atoms with Gasteiger partial charge in [-0.3, -0.25) is 0 Å². The van der Waals surface area contributed by atoms with Crippen molar-refractivity contribution in [1.29, 1.82) is 0 Å². The molecule has 0 aliphatic heterocycles. The van der Waals surface area contributed by atoms with E-state index in [2.05, 4.69) is 36.1 Å². The van der Waals surface area contributed by atoms with E-state index < -0.39 is 0 Å². The van der Waals surface area contributed by atoms with Crippen LogP contribution in [-0.4, -0.2) is 17.7 Å². The summed E-state index contributed by atoms with van der Waals surface area (Å²) in [6.07, 6.45) is 7.25. The Morgan fingerprint density at radius 2 is 1.74 bits per heavy atom. The average Bonchev–Trinajstić information content (AvgIpc) is 2.49. The highest BCUT2D eigenvalue weighted by Crippen LogP contribution is 2.28. The molecule has 1 aliphatic carbocycles. The van der Waals surface area contributed by atoms with Crippen molar-refractivity contribution in [3.05, 3.63) is 29.8 Å². The first-order valence-corrected chi connectivity index (χ1v) is 7.81. The quantitative estimate of drug-likeness (QED) is 0.854. The molecular weight excluding hydrogens is 234 g/mol. The molecule has 0 saturated heterocycles. The molecule has 19 heavy (non-hydrogen) atoms. The summed E-state index contributed by atoms with van der Waals surface area (Å²) in [6, 6.07) is 9.21. The molecule has 1 aromatic carbocycles. The van der Waals surface area contributed by atoms with Gasteiger partial charge in [0.1, 0.15) is 0 Å². The number of hydrogen-bond donors (Lipinski definition) is 1. The predicted molar refractivity (Wildman–Crippen MR) is 81.6 cm³/mol. The summed E-state index contributed by atoms with van der Waals surface area (Å²) >= 11 is 0. The van der Waals surface area contributed by atoms with Gasteiger partial charge in [0.25, 0.3) is 0 Å². The molecule has 1 fully saturated rings. The normalized spacial score (nSPS) is 18.3. The van der Waals surface area contributed by atoms with Crippen molar-refractivity contribution < 1.29 is 5.11 Å². The van der Waals surface area contributed by atoms with Crippen molar-refractivity contribution >= 4 is 5.69 Å². The highest BCUT2D eigenvalue weighted by Gasteiger charge is 2.20. The van der Waals surface area contributed by atoms with Crippen LogP contribution in [0.1, 0.15) is 64.0 Å². The van der Waals surface area contributed by atoms with Gasteiger partial charge in [-0.2, -0.15) is 0 Å². The molecule has 1 atom stereocenters. The number of aliphatic hydroxyl groups is 1. The number of rotatable bonds is 5. The monoisotopic (exact) mass is 261 g/mol. The highest BCUT2D eigenvalue weighted by molar-refractivity contribution is 5.49. The summed E-state index contributed by atoms with van der Waals surface area (Å²) in [5.41, 5.74) is 2.34. The molecule has 1 saturated carbocycles. The lowest BCUT2D eigenvalue weighted by Crippen LogP contribution is -2.36. The van der Waals surface area contributed by atoms with Gasteiger partial charge in [0.15, 0.2) is 0 Å². The van der Waals surface area contributed by atoms with Crippen LogP contribution in [0.4, 0.5) is 5.69 Å². The van der Waals surface area contributed by atoms with Gasteiger partial charge in [-0.05, 0) is 43.9 Å². The van der Waals surface area contributed by atoms with Crippen LogP contribution in [0.5, 0.6) is 0 Å². The van der Waals surface area contributed by atoms with Crippen LogP contribution >= 0.6 is 0 Å². The molecule has 0 bridgehead atoms. The van der Waals surface area contributed by atoms with Gasteiger partial charge in [0.05, 0.1) is 6.10 Å². The molecule has 0 amide bonds. The Hall–Kier alpha value is -1.02. The fourth-order valence-corrected chi connectivity index (χ4v) is 3.17. The molecule has 0 aromatic heterocycles. The number of aliphatic hydroxyl groups excluding tert-OH is 1. The second-order valence-corrected chi connectivity index (χ2v) is 5.59. The van der Waals surface area contributed by atoms with Gasteiger partial charge < -0.3 is 10.0 Å². The first-order chi connectivity index (χ1) is 9.26. The molecule has 0 radical (unpaired) electrons. The molecule has 2 rings (SSSR count). The molecule has 0 spiro atoms. The van der Waals surface area contributed by atoms with Gasteiger partial charge in [0, 0.05) is 18.3 Å². The Kier molecular flexibility index (Phi) is 5.26. The van der Waals surface area contributed by atoms with Crippen molar-refractivity contribution in [2.24, 2.45) is 0 Å². The molecule has 2 heteroatoms. The summed E-state index contributed by atoms with van der Waals surface area (Å²) in [5, 5.41) is 9.85. The highest BCUT2D eigenvalue weighted by atomic mass is 16.3. The van der Waals surface area contributed by atoms with Gasteiger partial charge in [0.2, 0.25) is 0 Å². The van der Waals surface area contributed by atoms with Gasteiger partial charge in [-0.25, -0.2) is 0 Å². The minimum absolute atomic E-state index is 0.321. The van der Waals surface area contributed by atoms with E-state index in [9.17, 15) is 5.11 Å². The lowest BCUT2D eigenvalue weighted by molar-refractivity contribution is 0.173.